The number of carbonyl (C=O) groups is 1. The average molecular weight is 373 g/mol. The number of rotatable bonds is 5. The van der Waals surface area contributed by atoms with E-state index in [2.05, 4.69) is 10.6 Å². The molecule has 0 saturated carbocycles. The fourth-order valence-corrected chi connectivity index (χ4v) is 2.24. The number of aryl methyl sites for hydroxylation is 1. The number of halogens is 4. The van der Waals surface area contributed by atoms with E-state index in [9.17, 15) is 18.0 Å². The van der Waals surface area contributed by atoms with Crippen LogP contribution in [0.15, 0.2) is 42.5 Å². The van der Waals surface area contributed by atoms with Gasteiger partial charge in [0.05, 0.1) is 12.1 Å². The molecule has 0 spiro atoms. The van der Waals surface area contributed by atoms with Gasteiger partial charge in [0.2, 0.25) is 0 Å². The second-order valence-corrected chi connectivity index (χ2v) is 5.65. The molecule has 0 aromatic heterocycles. The van der Waals surface area contributed by atoms with Crippen molar-refractivity contribution < 1.29 is 22.7 Å². The number of anilines is 1. The predicted molar refractivity (Wildman–Crippen MR) is 90.1 cm³/mol. The van der Waals surface area contributed by atoms with Crippen molar-refractivity contribution in [2.75, 3.05) is 18.5 Å². The molecule has 0 bridgehead atoms. The number of urea groups is 1. The Labute approximate surface area is 147 Å². The minimum absolute atomic E-state index is 0.231. The lowest BCUT2D eigenvalue weighted by atomic mass is 10.2. The van der Waals surface area contributed by atoms with Gasteiger partial charge in [-0.15, -0.1) is 0 Å². The van der Waals surface area contributed by atoms with E-state index in [0.29, 0.717) is 10.8 Å². The molecule has 0 fully saturated rings. The average Bonchev–Trinajstić information content (AvgIpc) is 2.53. The van der Waals surface area contributed by atoms with Gasteiger partial charge in [-0.2, -0.15) is 13.2 Å². The first-order valence-corrected chi connectivity index (χ1v) is 7.74. The van der Waals surface area contributed by atoms with E-state index in [4.69, 9.17) is 16.3 Å². The van der Waals surface area contributed by atoms with Crippen LogP contribution in [0.3, 0.4) is 0 Å². The molecule has 0 heterocycles. The topological polar surface area (TPSA) is 50.4 Å². The first-order valence-electron chi connectivity index (χ1n) is 7.37. The molecular formula is C17H16ClF3N2O2. The van der Waals surface area contributed by atoms with Crippen molar-refractivity contribution in [1.82, 2.24) is 5.32 Å². The van der Waals surface area contributed by atoms with Crippen molar-refractivity contribution in [3.05, 3.63) is 58.6 Å². The summed E-state index contributed by atoms with van der Waals surface area (Å²) in [5, 5.41) is 5.61. The highest BCUT2D eigenvalue weighted by Gasteiger charge is 2.29. The zero-order valence-electron chi connectivity index (χ0n) is 13.3. The largest absolute Gasteiger partial charge is 0.491 e. The minimum atomic E-state index is -4.40. The lowest BCUT2D eigenvalue weighted by Gasteiger charge is -2.11. The summed E-state index contributed by atoms with van der Waals surface area (Å²) < 4.78 is 42.9. The van der Waals surface area contributed by atoms with Crippen LogP contribution in [-0.2, 0) is 6.18 Å². The van der Waals surface area contributed by atoms with Crippen molar-refractivity contribution in [1.29, 1.82) is 0 Å². The summed E-state index contributed by atoms with van der Waals surface area (Å²) in [5.74, 6) is 0.661. The maximum absolute atomic E-state index is 12.5. The van der Waals surface area contributed by atoms with E-state index in [1.165, 1.54) is 12.1 Å². The summed E-state index contributed by atoms with van der Waals surface area (Å²) in [6.07, 6.45) is -4.40. The maximum Gasteiger partial charge on any atom is 0.416 e. The van der Waals surface area contributed by atoms with E-state index in [1.807, 2.05) is 6.92 Å². The third-order valence-corrected chi connectivity index (χ3v) is 3.49. The molecular weight excluding hydrogens is 357 g/mol. The zero-order valence-corrected chi connectivity index (χ0v) is 14.0. The van der Waals surface area contributed by atoms with Gasteiger partial charge < -0.3 is 15.4 Å². The van der Waals surface area contributed by atoms with Gasteiger partial charge >= 0.3 is 12.2 Å². The highest BCUT2D eigenvalue weighted by atomic mass is 35.5. The van der Waals surface area contributed by atoms with Gasteiger partial charge in [-0.3, -0.25) is 0 Å². The van der Waals surface area contributed by atoms with Crippen LogP contribution >= 0.6 is 11.6 Å². The summed E-state index contributed by atoms with van der Waals surface area (Å²) in [6, 6.07) is 8.86. The fraction of sp³-hybridized carbons (Fsp3) is 0.235. The number of ether oxygens (including phenoxy) is 1. The van der Waals surface area contributed by atoms with E-state index in [0.717, 1.165) is 17.7 Å². The van der Waals surface area contributed by atoms with E-state index >= 15 is 0 Å². The summed E-state index contributed by atoms with van der Waals surface area (Å²) in [4.78, 5) is 11.7. The Morgan fingerprint density at radius 3 is 2.44 bits per heavy atom. The summed E-state index contributed by atoms with van der Waals surface area (Å²) in [5.41, 5.74) is 0.367. The van der Waals surface area contributed by atoms with Crippen LogP contribution in [-0.4, -0.2) is 19.2 Å². The number of carbonyl (C=O) groups excluding carboxylic acids is 1. The molecule has 4 nitrogen and oxygen atoms in total. The SMILES string of the molecule is Cc1cc(Cl)ccc1OCCNC(=O)Nc1ccc(C(F)(F)F)cc1. The molecule has 134 valence electrons. The van der Waals surface area contributed by atoms with Crippen molar-refractivity contribution >= 4 is 23.3 Å². The molecule has 0 aliphatic rings. The zero-order chi connectivity index (χ0) is 18.4. The number of alkyl halides is 3. The maximum atomic E-state index is 12.5. The van der Waals surface area contributed by atoms with Gasteiger partial charge in [0, 0.05) is 10.7 Å². The van der Waals surface area contributed by atoms with Gasteiger partial charge in [-0.1, -0.05) is 11.6 Å². The van der Waals surface area contributed by atoms with Crippen molar-refractivity contribution in [3.8, 4) is 5.75 Å². The first-order chi connectivity index (χ1) is 11.8. The smallest absolute Gasteiger partial charge is 0.416 e. The fourth-order valence-electron chi connectivity index (χ4n) is 2.02. The van der Waals surface area contributed by atoms with Crippen LogP contribution in [0.4, 0.5) is 23.7 Å². The molecule has 2 N–H and O–H groups in total. The molecule has 0 aliphatic heterocycles. The Morgan fingerprint density at radius 1 is 1.16 bits per heavy atom. The van der Waals surface area contributed by atoms with Crippen LogP contribution in [0, 0.1) is 6.92 Å². The molecule has 25 heavy (non-hydrogen) atoms. The molecule has 2 amide bonds. The van der Waals surface area contributed by atoms with E-state index in [1.54, 1.807) is 18.2 Å². The number of nitrogens with one attached hydrogen (secondary N) is 2. The second-order valence-electron chi connectivity index (χ2n) is 5.21. The molecule has 2 aromatic carbocycles. The van der Waals surface area contributed by atoms with Crippen LogP contribution in [0.2, 0.25) is 5.02 Å². The Bertz CT molecular complexity index is 734. The minimum Gasteiger partial charge on any atom is -0.491 e. The van der Waals surface area contributed by atoms with Crippen molar-refractivity contribution in [3.63, 3.8) is 0 Å². The van der Waals surface area contributed by atoms with Gasteiger partial charge in [-0.05, 0) is 55.0 Å². The molecule has 0 atom stereocenters. The van der Waals surface area contributed by atoms with E-state index in [-0.39, 0.29) is 18.8 Å². The Kier molecular flexibility index (Phi) is 6.14. The summed E-state index contributed by atoms with van der Waals surface area (Å²) >= 11 is 5.85. The molecule has 0 saturated heterocycles. The Balaban J connectivity index is 1.75. The lowest BCUT2D eigenvalue weighted by molar-refractivity contribution is -0.137. The Morgan fingerprint density at radius 2 is 1.84 bits per heavy atom. The summed E-state index contributed by atoms with van der Waals surface area (Å²) in [7, 11) is 0. The lowest BCUT2D eigenvalue weighted by Crippen LogP contribution is -2.32. The number of hydrogen-bond acceptors (Lipinski definition) is 2. The van der Waals surface area contributed by atoms with Gasteiger partial charge in [0.25, 0.3) is 0 Å². The van der Waals surface area contributed by atoms with Crippen molar-refractivity contribution in [2.24, 2.45) is 0 Å². The number of hydrogen-bond donors (Lipinski definition) is 2. The van der Waals surface area contributed by atoms with Crippen LogP contribution in [0.25, 0.3) is 0 Å². The normalized spacial score (nSPS) is 11.1. The highest BCUT2D eigenvalue weighted by molar-refractivity contribution is 6.30. The molecule has 0 radical (unpaired) electrons. The third kappa shape index (κ3) is 5.86. The predicted octanol–water partition coefficient (Wildman–Crippen LogP) is 4.87. The van der Waals surface area contributed by atoms with Crippen molar-refractivity contribution in [2.45, 2.75) is 13.1 Å². The molecule has 2 rings (SSSR count). The van der Waals surface area contributed by atoms with Gasteiger partial charge in [-0.25, -0.2) is 4.79 Å². The van der Waals surface area contributed by atoms with Crippen LogP contribution in [0.1, 0.15) is 11.1 Å². The summed E-state index contributed by atoms with van der Waals surface area (Å²) in [6.45, 7) is 2.32. The van der Waals surface area contributed by atoms with Gasteiger partial charge in [0.1, 0.15) is 12.4 Å². The molecule has 0 unspecified atom stereocenters. The molecule has 8 heteroatoms. The number of amides is 2. The van der Waals surface area contributed by atoms with Crippen LogP contribution in [0.5, 0.6) is 5.75 Å². The van der Waals surface area contributed by atoms with Crippen LogP contribution < -0.4 is 15.4 Å². The highest BCUT2D eigenvalue weighted by Crippen LogP contribution is 2.29. The first kappa shape index (κ1) is 18.9. The molecule has 2 aromatic rings. The molecule has 0 aliphatic carbocycles. The third-order valence-electron chi connectivity index (χ3n) is 3.25. The monoisotopic (exact) mass is 372 g/mol. The van der Waals surface area contributed by atoms with E-state index < -0.39 is 17.8 Å². The van der Waals surface area contributed by atoms with Gasteiger partial charge in [0.15, 0.2) is 0 Å². The quantitative estimate of drug-likeness (QED) is 0.736. The Hall–Kier alpha value is -2.41. The number of benzene rings is 2. The standard InChI is InChI=1S/C17H16ClF3N2O2/c1-11-10-13(18)4-7-15(11)25-9-8-22-16(24)23-14-5-2-12(3-6-14)17(19,20)21/h2-7,10H,8-9H2,1H3,(H2,22,23,24). The second kappa shape index (κ2) is 8.11.